The topological polar surface area (TPSA) is 80.6 Å². The average Bonchev–Trinajstić information content (AvgIpc) is 3.32. The first kappa shape index (κ1) is 23.4. The van der Waals surface area contributed by atoms with Crippen LogP contribution in [0.3, 0.4) is 0 Å². The highest BCUT2D eigenvalue weighted by atomic mass is 19.1. The molecule has 0 amide bonds. The first-order chi connectivity index (χ1) is 17.6. The third kappa shape index (κ3) is 5.30. The van der Waals surface area contributed by atoms with Crippen molar-refractivity contribution >= 4 is 16.7 Å². The zero-order valence-corrected chi connectivity index (χ0v) is 19.7. The molecule has 0 radical (unpaired) electrons. The molecule has 5 aromatic rings. The number of fused-ring (bicyclic) bond motifs is 1. The molecule has 6 nitrogen and oxygen atoms in total. The number of aromatic nitrogens is 4. The van der Waals surface area contributed by atoms with Gasteiger partial charge >= 0.3 is 0 Å². The summed E-state index contributed by atoms with van der Waals surface area (Å²) in [6, 6.07) is 19.7. The summed E-state index contributed by atoms with van der Waals surface area (Å²) >= 11 is 0. The summed E-state index contributed by atoms with van der Waals surface area (Å²) in [6.07, 6.45) is 6.83. The second-order valence-corrected chi connectivity index (χ2v) is 8.77. The van der Waals surface area contributed by atoms with Gasteiger partial charge in [-0.05, 0) is 54.7 Å². The van der Waals surface area contributed by atoms with Crippen molar-refractivity contribution in [2.75, 3.05) is 0 Å². The van der Waals surface area contributed by atoms with Crippen molar-refractivity contribution < 1.29 is 9.18 Å². The van der Waals surface area contributed by atoms with Crippen molar-refractivity contribution in [3.05, 3.63) is 118 Å². The van der Waals surface area contributed by atoms with E-state index in [1.165, 1.54) is 16.7 Å². The van der Waals surface area contributed by atoms with Gasteiger partial charge in [-0.2, -0.15) is 0 Å². The van der Waals surface area contributed by atoms with E-state index in [2.05, 4.69) is 15.0 Å². The number of pyridine rings is 1. The van der Waals surface area contributed by atoms with Crippen LogP contribution in [0.15, 0.2) is 90.1 Å². The SMILES string of the molecule is O=C(CCc1cc2cnccc2[nH]1)Cn1c(-c2ccccc2)cnc(CCc2cccc(F)c2)c1=O. The normalized spacial score (nSPS) is 11.1. The summed E-state index contributed by atoms with van der Waals surface area (Å²) in [4.78, 5) is 38.3. The standard InChI is InChI=1S/C29H25FN4O2/c30-23-8-4-5-20(15-23)9-12-27-29(36)34(28(18-32-27)21-6-2-1-3-7-21)19-25(35)11-10-24-16-22-17-31-14-13-26(22)33-24/h1-8,13-18,33H,9-12,19H2. The number of aromatic amines is 1. The Morgan fingerprint density at radius 2 is 1.81 bits per heavy atom. The number of hydrogen-bond acceptors (Lipinski definition) is 4. The van der Waals surface area contributed by atoms with Crippen LogP contribution in [-0.4, -0.2) is 25.3 Å². The van der Waals surface area contributed by atoms with E-state index < -0.39 is 0 Å². The van der Waals surface area contributed by atoms with Crippen molar-refractivity contribution in [1.82, 2.24) is 19.5 Å². The highest BCUT2D eigenvalue weighted by molar-refractivity contribution is 5.81. The molecule has 0 aliphatic carbocycles. The van der Waals surface area contributed by atoms with Gasteiger partial charge in [0.05, 0.1) is 18.4 Å². The molecule has 0 spiro atoms. The maximum atomic E-state index is 13.6. The van der Waals surface area contributed by atoms with Crippen molar-refractivity contribution in [2.24, 2.45) is 0 Å². The predicted octanol–water partition coefficient (Wildman–Crippen LogP) is 4.91. The van der Waals surface area contributed by atoms with Gasteiger partial charge in [-0.3, -0.25) is 24.1 Å². The van der Waals surface area contributed by atoms with E-state index >= 15 is 0 Å². The van der Waals surface area contributed by atoms with Gasteiger partial charge in [-0.15, -0.1) is 0 Å². The van der Waals surface area contributed by atoms with E-state index in [-0.39, 0.29) is 23.7 Å². The summed E-state index contributed by atoms with van der Waals surface area (Å²) in [7, 11) is 0. The molecule has 0 aliphatic rings. The van der Waals surface area contributed by atoms with E-state index in [0.29, 0.717) is 37.1 Å². The van der Waals surface area contributed by atoms with Crippen molar-refractivity contribution in [2.45, 2.75) is 32.2 Å². The van der Waals surface area contributed by atoms with Gasteiger partial charge in [-0.1, -0.05) is 42.5 Å². The van der Waals surface area contributed by atoms with Crippen molar-refractivity contribution in [1.29, 1.82) is 0 Å². The summed E-state index contributed by atoms with van der Waals surface area (Å²) in [5.74, 6) is -0.359. The number of nitrogens with one attached hydrogen (secondary N) is 1. The lowest BCUT2D eigenvalue weighted by atomic mass is 10.1. The summed E-state index contributed by atoms with van der Waals surface area (Å²) in [6.45, 7) is -0.0413. The van der Waals surface area contributed by atoms with E-state index in [1.807, 2.05) is 48.5 Å². The Labute approximate surface area is 207 Å². The van der Waals surface area contributed by atoms with E-state index in [1.54, 1.807) is 24.7 Å². The highest BCUT2D eigenvalue weighted by Gasteiger charge is 2.15. The number of hydrogen-bond donors (Lipinski definition) is 1. The number of ketones is 1. The average molecular weight is 481 g/mol. The smallest absolute Gasteiger partial charge is 0.273 e. The number of carbonyl (C=O) groups is 1. The molecule has 0 aliphatic heterocycles. The lowest BCUT2D eigenvalue weighted by molar-refractivity contribution is -0.119. The molecular formula is C29H25FN4O2. The maximum absolute atomic E-state index is 13.6. The van der Waals surface area contributed by atoms with Crippen LogP contribution in [0.1, 0.15) is 23.4 Å². The molecule has 3 heterocycles. The van der Waals surface area contributed by atoms with Gasteiger partial charge in [0.15, 0.2) is 5.78 Å². The Morgan fingerprint density at radius 3 is 2.61 bits per heavy atom. The van der Waals surface area contributed by atoms with E-state index in [0.717, 1.165) is 27.7 Å². The van der Waals surface area contributed by atoms with Crippen LogP contribution in [0.2, 0.25) is 0 Å². The Kier molecular flexibility index (Phi) is 6.80. The Balaban J connectivity index is 1.37. The molecule has 0 saturated carbocycles. The molecule has 1 N–H and O–H groups in total. The van der Waals surface area contributed by atoms with Crippen LogP contribution in [0.4, 0.5) is 4.39 Å². The Hall–Kier alpha value is -4.39. The number of aryl methyl sites for hydroxylation is 3. The number of benzene rings is 2. The van der Waals surface area contributed by atoms with Crippen LogP contribution in [0.5, 0.6) is 0 Å². The minimum Gasteiger partial charge on any atom is -0.358 e. The number of halogens is 1. The Morgan fingerprint density at radius 1 is 0.944 bits per heavy atom. The first-order valence-corrected chi connectivity index (χ1v) is 11.9. The molecule has 0 atom stereocenters. The third-order valence-corrected chi connectivity index (χ3v) is 6.22. The minimum absolute atomic E-state index is 0.0413. The number of rotatable bonds is 9. The van der Waals surface area contributed by atoms with Crippen LogP contribution < -0.4 is 5.56 Å². The number of nitrogens with zero attached hydrogens (tertiary/aromatic N) is 3. The van der Waals surface area contributed by atoms with Gasteiger partial charge in [0, 0.05) is 35.4 Å². The fraction of sp³-hybridized carbons (Fsp3) is 0.172. The minimum atomic E-state index is -0.311. The van der Waals surface area contributed by atoms with Gasteiger partial charge in [0.25, 0.3) is 5.56 Å². The lowest BCUT2D eigenvalue weighted by Crippen LogP contribution is -2.30. The lowest BCUT2D eigenvalue weighted by Gasteiger charge is -2.14. The Bertz CT molecular complexity index is 1540. The number of H-pyrrole nitrogens is 1. The second kappa shape index (κ2) is 10.5. The van der Waals surface area contributed by atoms with Gasteiger partial charge < -0.3 is 4.98 Å². The predicted molar refractivity (Wildman–Crippen MR) is 137 cm³/mol. The molecule has 0 bridgehead atoms. The number of Topliss-reactive ketones (excluding diaryl/α,β-unsaturated/α-hetero) is 1. The largest absolute Gasteiger partial charge is 0.358 e. The molecule has 0 unspecified atom stereocenters. The summed E-state index contributed by atoms with van der Waals surface area (Å²) < 4.78 is 15.1. The quantitative estimate of drug-likeness (QED) is 0.325. The maximum Gasteiger partial charge on any atom is 0.273 e. The molecule has 36 heavy (non-hydrogen) atoms. The molecule has 0 fully saturated rings. The van der Waals surface area contributed by atoms with Crippen LogP contribution >= 0.6 is 0 Å². The number of carbonyl (C=O) groups excluding carboxylic acids is 1. The molecule has 5 rings (SSSR count). The van der Waals surface area contributed by atoms with Gasteiger partial charge in [0.2, 0.25) is 0 Å². The van der Waals surface area contributed by atoms with Crippen molar-refractivity contribution in [3.63, 3.8) is 0 Å². The zero-order valence-electron chi connectivity index (χ0n) is 19.7. The summed E-state index contributed by atoms with van der Waals surface area (Å²) in [5, 5.41) is 1.000. The molecule has 0 saturated heterocycles. The van der Waals surface area contributed by atoms with Crippen molar-refractivity contribution in [3.8, 4) is 11.3 Å². The van der Waals surface area contributed by atoms with Crippen LogP contribution in [-0.2, 0) is 30.6 Å². The fourth-order valence-corrected chi connectivity index (χ4v) is 4.35. The van der Waals surface area contributed by atoms with Crippen LogP contribution in [0.25, 0.3) is 22.2 Å². The molecular weight excluding hydrogens is 455 g/mol. The summed E-state index contributed by atoms with van der Waals surface area (Å²) in [5.41, 5.74) is 4.20. The fourth-order valence-electron chi connectivity index (χ4n) is 4.35. The highest BCUT2D eigenvalue weighted by Crippen LogP contribution is 2.19. The monoisotopic (exact) mass is 480 g/mol. The molecule has 7 heteroatoms. The zero-order chi connectivity index (χ0) is 24.9. The van der Waals surface area contributed by atoms with E-state index in [9.17, 15) is 14.0 Å². The molecule has 3 aromatic heterocycles. The van der Waals surface area contributed by atoms with Gasteiger partial charge in [-0.25, -0.2) is 4.39 Å². The molecule has 180 valence electrons. The van der Waals surface area contributed by atoms with Crippen LogP contribution in [0, 0.1) is 5.82 Å². The third-order valence-electron chi connectivity index (χ3n) is 6.22. The van der Waals surface area contributed by atoms with E-state index in [4.69, 9.17) is 0 Å². The second-order valence-electron chi connectivity index (χ2n) is 8.77. The molecule has 2 aromatic carbocycles. The van der Waals surface area contributed by atoms with Gasteiger partial charge in [0.1, 0.15) is 11.5 Å². The first-order valence-electron chi connectivity index (χ1n) is 11.9.